The first-order chi connectivity index (χ1) is 7.07. The van der Waals surface area contributed by atoms with E-state index in [0.29, 0.717) is 11.3 Å². The maximum absolute atomic E-state index is 11.4. The molecule has 15 heavy (non-hydrogen) atoms. The molecule has 2 aliphatic heterocycles. The van der Waals surface area contributed by atoms with E-state index in [9.17, 15) is 9.59 Å². The molecule has 0 spiro atoms. The van der Waals surface area contributed by atoms with Gasteiger partial charge in [-0.2, -0.15) is 0 Å². The van der Waals surface area contributed by atoms with Crippen molar-refractivity contribution in [3.8, 4) is 0 Å². The number of carboxylic acids is 1. The van der Waals surface area contributed by atoms with Crippen LogP contribution in [0.3, 0.4) is 0 Å². The summed E-state index contributed by atoms with van der Waals surface area (Å²) < 4.78 is 0. The Labute approximate surface area is 95.2 Å². The number of nitrogens with zero attached hydrogens (tertiary/aromatic N) is 1. The van der Waals surface area contributed by atoms with Crippen molar-refractivity contribution in [2.24, 2.45) is 5.73 Å². The van der Waals surface area contributed by atoms with Gasteiger partial charge in [0.25, 0.3) is 0 Å². The van der Waals surface area contributed by atoms with Crippen LogP contribution in [0.25, 0.3) is 0 Å². The van der Waals surface area contributed by atoms with E-state index in [1.807, 2.05) is 0 Å². The van der Waals surface area contributed by atoms with Crippen LogP contribution in [0.4, 0.5) is 0 Å². The summed E-state index contributed by atoms with van der Waals surface area (Å²) in [6.07, 6.45) is 0. The molecule has 2 aliphatic rings. The van der Waals surface area contributed by atoms with Gasteiger partial charge in [0, 0.05) is 11.6 Å². The van der Waals surface area contributed by atoms with E-state index < -0.39 is 12.0 Å². The van der Waals surface area contributed by atoms with Gasteiger partial charge in [-0.15, -0.1) is 23.4 Å². The zero-order valence-corrected chi connectivity index (χ0v) is 9.22. The summed E-state index contributed by atoms with van der Waals surface area (Å²) in [5.41, 5.74) is 6.15. The van der Waals surface area contributed by atoms with Crippen LogP contribution in [-0.2, 0) is 9.59 Å². The van der Waals surface area contributed by atoms with Crippen LogP contribution in [0.15, 0.2) is 11.3 Å². The number of carbonyl (C=O) groups excluding carboxylic acids is 1. The fourth-order valence-electron chi connectivity index (χ4n) is 1.68. The lowest BCUT2D eigenvalue weighted by atomic mass is 10.0. The molecule has 0 radical (unpaired) electrons. The van der Waals surface area contributed by atoms with Gasteiger partial charge in [0.15, 0.2) is 0 Å². The van der Waals surface area contributed by atoms with Gasteiger partial charge >= 0.3 is 5.97 Å². The minimum Gasteiger partial charge on any atom is -0.477 e. The Hall–Kier alpha value is -0.720. The van der Waals surface area contributed by atoms with Gasteiger partial charge < -0.3 is 10.8 Å². The third kappa shape index (κ3) is 1.44. The van der Waals surface area contributed by atoms with E-state index in [-0.39, 0.29) is 22.9 Å². The minimum atomic E-state index is -1.11. The third-order valence-electron chi connectivity index (χ3n) is 2.45. The van der Waals surface area contributed by atoms with Gasteiger partial charge in [0.1, 0.15) is 17.1 Å². The van der Waals surface area contributed by atoms with Crippen molar-refractivity contribution in [2.75, 3.05) is 11.6 Å². The predicted octanol–water partition coefficient (Wildman–Crippen LogP) is -0.194. The Morgan fingerprint density at radius 3 is 2.93 bits per heavy atom. The third-order valence-corrected chi connectivity index (χ3v) is 4.14. The number of amides is 1. The lowest BCUT2D eigenvalue weighted by molar-refractivity contribution is -0.147. The number of aliphatic carboxylic acids is 1. The highest BCUT2D eigenvalue weighted by Gasteiger charge is 2.51. The van der Waals surface area contributed by atoms with Crippen molar-refractivity contribution in [3.63, 3.8) is 0 Å². The maximum Gasteiger partial charge on any atom is 0.352 e. The molecule has 1 amide bonds. The second-order valence-electron chi connectivity index (χ2n) is 3.33. The van der Waals surface area contributed by atoms with Crippen molar-refractivity contribution < 1.29 is 14.7 Å². The lowest BCUT2D eigenvalue weighted by Crippen LogP contribution is -2.68. The number of alkyl halides is 1. The first-order valence-electron chi connectivity index (χ1n) is 4.29. The van der Waals surface area contributed by atoms with Crippen molar-refractivity contribution >= 4 is 35.2 Å². The van der Waals surface area contributed by atoms with E-state index in [1.165, 1.54) is 16.7 Å². The van der Waals surface area contributed by atoms with Gasteiger partial charge in [-0.05, 0) is 5.57 Å². The Balaban J connectivity index is 2.38. The van der Waals surface area contributed by atoms with Gasteiger partial charge in [0.05, 0.1) is 0 Å². The van der Waals surface area contributed by atoms with Crippen LogP contribution in [0.5, 0.6) is 0 Å². The highest BCUT2D eigenvalue weighted by molar-refractivity contribution is 8.00. The van der Waals surface area contributed by atoms with Crippen LogP contribution >= 0.6 is 23.4 Å². The molecular weight excluding hydrogens is 240 g/mol. The normalized spacial score (nSPS) is 30.0. The highest BCUT2D eigenvalue weighted by Crippen LogP contribution is 2.39. The predicted molar refractivity (Wildman–Crippen MR) is 56.4 cm³/mol. The molecule has 2 atom stereocenters. The van der Waals surface area contributed by atoms with E-state index >= 15 is 0 Å². The Kier molecular flexibility index (Phi) is 2.66. The summed E-state index contributed by atoms with van der Waals surface area (Å²) in [4.78, 5) is 23.7. The molecule has 1 fully saturated rings. The molecule has 0 bridgehead atoms. The fourth-order valence-corrected chi connectivity index (χ4v) is 3.31. The van der Waals surface area contributed by atoms with Gasteiger partial charge in [0.2, 0.25) is 5.91 Å². The molecule has 1 saturated heterocycles. The van der Waals surface area contributed by atoms with E-state index in [4.69, 9.17) is 22.4 Å². The van der Waals surface area contributed by atoms with Crippen molar-refractivity contribution in [1.82, 2.24) is 4.90 Å². The molecular formula is C8H9ClN2O3S. The second kappa shape index (κ2) is 3.70. The summed E-state index contributed by atoms with van der Waals surface area (Å²) >= 11 is 7.09. The average Bonchev–Trinajstić information content (AvgIpc) is 2.25. The smallest absolute Gasteiger partial charge is 0.352 e. The molecule has 0 unspecified atom stereocenters. The molecule has 0 saturated carbocycles. The number of halogens is 1. The molecule has 5 nitrogen and oxygen atoms in total. The fraction of sp³-hybridized carbons (Fsp3) is 0.500. The van der Waals surface area contributed by atoms with E-state index in [1.54, 1.807) is 0 Å². The van der Waals surface area contributed by atoms with Crippen LogP contribution in [0.2, 0.25) is 0 Å². The van der Waals surface area contributed by atoms with Gasteiger partial charge in [-0.25, -0.2) is 4.79 Å². The monoisotopic (exact) mass is 248 g/mol. The quantitative estimate of drug-likeness (QED) is 0.523. The molecule has 82 valence electrons. The number of β-lactam (4-membered cyclic amide) rings is 1. The summed E-state index contributed by atoms with van der Waals surface area (Å²) in [7, 11) is 0. The summed E-state index contributed by atoms with van der Waals surface area (Å²) in [6.45, 7) is 0. The number of carbonyl (C=O) groups is 2. The van der Waals surface area contributed by atoms with E-state index in [2.05, 4.69) is 0 Å². The number of hydrogen-bond acceptors (Lipinski definition) is 4. The first-order valence-corrected chi connectivity index (χ1v) is 5.87. The lowest BCUT2D eigenvalue weighted by Gasteiger charge is -2.47. The zero-order valence-electron chi connectivity index (χ0n) is 7.64. The molecule has 0 aromatic rings. The van der Waals surface area contributed by atoms with E-state index in [0.717, 1.165) is 0 Å². The topological polar surface area (TPSA) is 83.6 Å². The van der Waals surface area contributed by atoms with Gasteiger partial charge in [-0.1, -0.05) is 0 Å². The number of rotatable bonds is 2. The Morgan fingerprint density at radius 1 is 1.73 bits per heavy atom. The number of fused-ring (bicyclic) bond motifs is 1. The molecule has 7 heteroatoms. The number of hydrogen-bond donors (Lipinski definition) is 2. The van der Waals surface area contributed by atoms with Crippen LogP contribution in [0.1, 0.15) is 0 Å². The number of thioether (sulfide) groups is 1. The summed E-state index contributed by atoms with van der Waals surface area (Å²) in [6, 6.07) is -0.582. The molecule has 2 heterocycles. The minimum absolute atomic E-state index is 0.0143. The second-order valence-corrected chi connectivity index (χ2v) is 4.70. The number of nitrogens with two attached hydrogens (primary N) is 1. The summed E-state index contributed by atoms with van der Waals surface area (Å²) in [5, 5.41) is 8.77. The standard InChI is InChI=1S/C8H9ClN2O3S/c9-1-3-2-15-7-4(10)6(12)11(7)5(3)8(13)14/h4,7H,1-2,10H2,(H,13,14)/t4-,7-/m0/s1. The molecule has 3 N–H and O–H groups in total. The number of carboxylic acid groups (broad SMARTS) is 1. The largest absolute Gasteiger partial charge is 0.477 e. The van der Waals surface area contributed by atoms with Crippen molar-refractivity contribution in [2.45, 2.75) is 11.4 Å². The van der Waals surface area contributed by atoms with Crippen molar-refractivity contribution in [1.29, 1.82) is 0 Å². The maximum atomic E-state index is 11.4. The first kappa shape index (κ1) is 10.8. The molecule has 2 rings (SSSR count). The molecule has 0 aromatic heterocycles. The van der Waals surface area contributed by atoms with Crippen molar-refractivity contribution in [3.05, 3.63) is 11.3 Å². The zero-order chi connectivity index (χ0) is 11.2. The highest BCUT2D eigenvalue weighted by atomic mass is 35.5. The average molecular weight is 249 g/mol. The SMILES string of the molecule is N[C@H]1C(=O)N2C(C(=O)O)=C(CCl)CS[C@@H]12. The summed E-state index contributed by atoms with van der Waals surface area (Å²) in [5.74, 6) is -0.809. The van der Waals surface area contributed by atoms with Crippen LogP contribution < -0.4 is 5.73 Å². The molecule has 0 aromatic carbocycles. The Morgan fingerprint density at radius 2 is 2.40 bits per heavy atom. The molecule has 0 aliphatic carbocycles. The van der Waals surface area contributed by atoms with Crippen LogP contribution in [0, 0.1) is 0 Å². The van der Waals surface area contributed by atoms with Crippen LogP contribution in [-0.4, -0.2) is 44.9 Å². The van der Waals surface area contributed by atoms with Gasteiger partial charge in [-0.3, -0.25) is 9.69 Å². The Bertz CT molecular complexity index is 371.